The summed E-state index contributed by atoms with van der Waals surface area (Å²) in [5.74, 6) is 1.99. The molecule has 0 saturated carbocycles. The second-order valence-electron chi connectivity index (χ2n) is 8.65. The molecule has 0 saturated heterocycles. The van der Waals surface area contributed by atoms with E-state index in [2.05, 4.69) is 37.0 Å². The Hall–Kier alpha value is -3.54. The normalized spacial score (nSPS) is 18.2. The van der Waals surface area contributed by atoms with Crippen LogP contribution in [0.1, 0.15) is 53.3 Å². The second kappa shape index (κ2) is 8.19. The van der Waals surface area contributed by atoms with Gasteiger partial charge < -0.3 is 4.57 Å². The smallest absolute Gasteiger partial charge is 0.174 e. The van der Waals surface area contributed by atoms with E-state index < -0.39 is 0 Å². The van der Waals surface area contributed by atoms with Crippen LogP contribution in [0.3, 0.4) is 0 Å². The van der Waals surface area contributed by atoms with Gasteiger partial charge in [-0.25, -0.2) is 19.0 Å². The SMILES string of the molecule is Cc1cn(-c2ccc(/C=C/c3nc4n(n3)CC[C@@H](C)[C@@H]4c3ccc(F)cc3)cc2C)cn1. The molecule has 2 aromatic carbocycles. The number of aryl methyl sites for hydroxylation is 3. The maximum Gasteiger partial charge on any atom is 0.174 e. The topological polar surface area (TPSA) is 48.5 Å². The zero-order valence-corrected chi connectivity index (χ0v) is 18.5. The minimum absolute atomic E-state index is 0.124. The Morgan fingerprint density at radius 1 is 1.06 bits per heavy atom. The highest BCUT2D eigenvalue weighted by Gasteiger charge is 2.31. The number of aromatic nitrogens is 5. The minimum Gasteiger partial charge on any atom is -0.306 e. The molecule has 0 radical (unpaired) electrons. The molecule has 0 amide bonds. The molecule has 5 rings (SSSR count). The molecule has 1 aliphatic heterocycles. The van der Waals surface area contributed by atoms with E-state index in [1.807, 2.05) is 53.0 Å². The Labute approximate surface area is 187 Å². The number of hydrogen-bond donors (Lipinski definition) is 0. The van der Waals surface area contributed by atoms with Crippen molar-refractivity contribution in [2.75, 3.05) is 0 Å². The van der Waals surface area contributed by atoms with E-state index in [0.29, 0.717) is 11.7 Å². The lowest BCUT2D eigenvalue weighted by Crippen LogP contribution is -2.24. The first-order valence-corrected chi connectivity index (χ1v) is 11.0. The van der Waals surface area contributed by atoms with Gasteiger partial charge in [-0.1, -0.05) is 31.2 Å². The minimum atomic E-state index is -0.216. The lowest BCUT2D eigenvalue weighted by atomic mass is 9.82. The van der Waals surface area contributed by atoms with Crippen LogP contribution in [0.25, 0.3) is 17.8 Å². The monoisotopic (exact) mass is 427 g/mol. The number of imidazole rings is 1. The molecule has 1 aliphatic rings. The third-order valence-electron chi connectivity index (χ3n) is 6.22. The average Bonchev–Trinajstić information content (AvgIpc) is 3.39. The van der Waals surface area contributed by atoms with E-state index >= 15 is 0 Å². The van der Waals surface area contributed by atoms with Crippen molar-refractivity contribution in [3.63, 3.8) is 0 Å². The van der Waals surface area contributed by atoms with Gasteiger partial charge in [0.1, 0.15) is 11.6 Å². The van der Waals surface area contributed by atoms with Gasteiger partial charge in [-0.2, -0.15) is 5.10 Å². The number of halogens is 1. The third-order valence-corrected chi connectivity index (χ3v) is 6.22. The van der Waals surface area contributed by atoms with Crippen molar-refractivity contribution >= 4 is 12.2 Å². The molecule has 0 unspecified atom stereocenters. The Bertz CT molecular complexity index is 1280. The Kier molecular flexibility index (Phi) is 5.21. The van der Waals surface area contributed by atoms with Gasteiger partial charge in [0.15, 0.2) is 5.82 Å². The fourth-order valence-electron chi connectivity index (χ4n) is 4.53. The standard InChI is InChI=1S/C26H26FN5/c1-17-12-13-32-26(25(17)21-6-8-22(27)9-7-21)29-24(30-32)11-5-20-4-10-23(18(2)14-20)31-15-19(3)28-16-31/h4-11,14-17,25H,12-13H2,1-3H3/b11-5+/t17-,25-/m1/s1. The summed E-state index contributed by atoms with van der Waals surface area (Å²) in [6.45, 7) is 7.17. The molecular weight excluding hydrogens is 401 g/mol. The highest BCUT2D eigenvalue weighted by molar-refractivity contribution is 5.68. The molecule has 0 aliphatic carbocycles. The fourth-order valence-corrected chi connectivity index (χ4v) is 4.53. The van der Waals surface area contributed by atoms with Crippen LogP contribution in [-0.4, -0.2) is 24.3 Å². The molecule has 32 heavy (non-hydrogen) atoms. The van der Waals surface area contributed by atoms with E-state index in [1.165, 1.54) is 17.7 Å². The number of benzene rings is 2. The predicted octanol–water partition coefficient (Wildman–Crippen LogP) is 5.56. The Morgan fingerprint density at radius 3 is 2.59 bits per heavy atom. The maximum atomic E-state index is 13.4. The number of hydrogen-bond acceptors (Lipinski definition) is 3. The van der Waals surface area contributed by atoms with Gasteiger partial charge in [0.05, 0.1) is 12.0 Å². The van der Waals surface area contributed by atoms with Crippen molar-refractivity contribution < 1.29 is 4.39 Å². The maximum absolute atomic E-state index is 13.4. The van der Waals surface area contributed by atoms with Gasteiger partial charge in [-0.15, -0.1) is 0 Å². The second-order valence-corrected chi connectivity index (χ2v) is 8.65. The van der Waals surface area contributed by atoms with Crippen LogP contribution in [0, 0.1) is 25.6 Å². The van der Waals surface area contributed by atoms with Gasteiger partial charge in [0, 0.05) is 24.3 Å². The Balaban J connectivity index is 1.41. The van der Waals surface area contributed by atoms with Crippen LogP contribution in [-0.2, 0) is 6.54 Å². The van der Waals surface area contributed by atoms with Gasteiger partial charge in [-0.3, -0.25) is 0 Å². The predicted molar refractivity (Wildman–Crippen MR) is 124 cm³/mol. The summed E-state index contributed by atoms with van der Waals surface area (Å²) >= 11 is 0. The zero-order valence-electron chi connectivity index (χ0n) is 18.5. The number of fused-ring (bicyclic) bond motifs is 1. The third kappa shape index (κ3) is 3.88. The van der Waals surface area contributed by atoms with Crippen LogP contribution in [0.15, 0.2) is 55.0 Å². The highest BCUT2D eigenvalue weighted by atomic mass is 19.1. The van der Waals surface area contributed by atoms with Crippen molar-refractivity contribution in [2.24, 2.45) is 5.92 Å². The molecule has 0 spiro atoms. The van der Waals surface area contributed by atoms with Crippen molar-refractivity contribution in [3.05, 3.63) is 94.8 Å². The fraction of sp³-hybridized carbons (Fsp3) is 0.269. The van der Waals surface area contributed by atoms with Crippen LogP contribution in [0.4, 0.5) is 4.39 Å². The Morgan fingerprint density at radius 2 is 1.88 bits per heavy atom. The number of rotatable bonds is 4. The van der Waals surface area contributed by atoms with Gasteiger partial charge in [0.25, 0.3) is 0 Å². The quantitative estimate of drug-likeness (QED) is 0.428. The van der Waals surface area contributed by atoms with Crippen LogP contribution in [0.5, 0.6) is 0 Å². The molecule has 162 valence electrons. The lowest BCUT2D eigenvalue weighted by Gasteiger charge is -2.28. The molecule has 2 aromatic heterocycles. The molecule has 4 aromatic rings. The number of nitrogens with zero attached hydrogens (tertiary/aromatic N) is 5. The summed E-state index contributed by atoms with van der Waals surface area (Å²) < 4.78 is 17.5. The average molecular weight is 428 g/mol. The molecule has 5 nitrogen and oxygen atoms in total. The summed E-state index contributed by atoms with van der Waals surface area (Å²) in [6.07, 6.45) is 8.90. The van der Waals surface area contributed by atoms with Crippen molar-refractivity contribution in [1.82, 2.24) is 24.3 Å². The van der Waals surface area contributed by atoms with Crippen molar-refractivity contribution in [1.29, 1.82) is 0 Å². The van der Waals surface area contributed by atoms with Crippen molar-refractivity contribution in [2.45, 2.75) is 39.7 Å². The summed E-state index contributed by atoms with van der Waals surface area (Å²) in [6, 6.07) is 13.1. The molecule has 0 bridgehead atoms. The van der Waals surface area contributed by atoms with E-state index in [0.717, 1.165) is 41.3 Å². The molecule has 2 atom stereocenters. The highest BCUT2D eigenvalue weighted by Crippen LogP contribution is 2.36. The van der Waals surface area contributed by atoms with Crippen LogP contribution >= 0.6 is 0 Å². The van der Waals surface area contributed by atoms with Gasteiger partial charge in [0.2, 0.25) is 0 Å². The summed E-state index contributed by atoms with van der Waals surface area (Å²) in [5, 5.41) is 4.72. The van der Waals surface area contributed by atoms with Gasteiger partial charge in [-0.05, 0) is 73.2 Å². The lowest BCUT2D eigenvalue weighted by molar-refractivity contribution is 0.347. The summed E-state index contributed by atoms with van der Waals surface area (Å²) in [4.78, 5) is 9.16. The molecule has 3 heterocycles. The first kappa shape index (κ1) is 20.4. The molecule has 6 heteroatoms. The zero-order chi connectivity index (χ0) is 22.2. The van der Waals surface area contributed by atoms with E-state index in [1.54, 1.807) is 0 Å². The van der Waals surface area contributed by atoms with E-state index in [-0.39, 0.29) is 11.7 Å². The molecular formula is C26H26FN5. The first-order chi connectivity index (χ1) is 15.5. The molecule has 0 N–H and O–H groups in total. The van der Waals surface area contributed by atoms with Crippen molar-refractivity contribution in [3.8, 4) is 5.69 Å². The molecule has 0 fully saturated rings. The van der Waals surface area contributed by atoms with E-state index in [4.69, 9.17) is 10.1 Å². The first-order valence-electron chi connectivity index (χ1n) is 11.0. The van der Waals surface area contributed by atoms with Crippen LogP contribution in [0.2, 0.25) is 0 Å². The van der Waals surface area contributed by atoms with E-state index in [9.17, 15) is 4.39 Å². The summed E-state index contributed by atoms with van der Waals surface area (Å²) in [5.41, 5.74) is 5.47. The van der Waals surface area contributed by atoms with Crippen LogP contribution < -0.4 is 0 Å². The summed E-state index contributed by atoms with van der Waals surface area (Å²) in [7, 11) is 0. The largest absolute Gasteiger partial charge is 0.306 e. The van der Waals surface area contributed by atoms with Gasteiger partial charge >= 0.3 is 0 Å².